The Bertz CT molecular complexity index is 1490. The van der Waals surface area contributed by atoms with Gasteiger partial charge in [-0.3, -0.25) is 9.71 Å². The third-order valence-electron chi connectivity index (χ3n) is 6.67. The second-order valence-corrected chi connectivity index (χ2v) is 11.3. The first kappa shape index (κ1) is 24.6. The topological polar surface area (TPSA) is 84.8 Å². The van der Waals surface area contributed by atoms with Gasteiger partial charge in [0, 0.05) is 18.0 Å². The van der Waals surface area contributed by atoms with Gasteiger partial charge in [0.1, 0.15) is 5.82 Å². The van der Waals surface area contributed by atoms with E-state index < -0.39 is 15.8 Å². The molecular formula is C27H26ClFN4O2S. The zero-order valence-corrected chi connectivity index (χ0v) is 21.2. The van der Waals surface area contributed by atoms with Crippen LogP contribution in [0.2, 0.25) is 5.15 Å². The largest absolute Gasteiger partial charge is 0.276 e. The van der Waals surface area contributed by atoms with Gasteiger partial charge in [-0.25, -0.2) is 22.8 Å². The summed E-state index contributed by atoms with van der Waals surface area (Å²) in [5, 5.41) is 0.00927. The summed E-state index contributed by atoms with van der Waals surface area (Å²) >= 11 is 6.20. The minimum absolute atomic E-state index is 0.00927. The summed E-state index contributed by atoms with van der Waals surface area (Å²) in [6.07, 6.45) is 12.1. The first-order chi connectivity index (χ1) is 17.4. The first-order valence-corrected chi connectivity index (χ1v) is 13.9. The molecule has 4 aromatic rings. The van der Waals surface area contributed by atoms with Crippen molar-refractivity contribution in [1.29, 1.82) is 0 Å². The van der Waals surface area contributed by atoms with Gasteiger partial charge in [0.15, 0.2) is 5.15 Å². The summed E-state index contributed by atoms with van der Waals surface area (Å²) in [5.41, 5.74) is 4.16. The third kappa shape index (κ3) is 5.65. The van der Waals surface area contributed by atoms with Gasteiger partial charge in [-0.05, 0) is 66.8 Å². The van der Waals surface area contributed by atoms with Crippen molar-refractivity contribution in [3.63, 3.8) is 0 Å². The number of hydrogen-bond donors (Lipinski definition) is 1. The molecule has 0 unspecified atom stereocenters. The van der Waals surface area contributed by atoms with Gasteiger partial charge in [-0.1, -0.05) is 49.8 Å². The number of nitrogens with zero attached hydrogens (tertiary/aromatic N) is 3. The number of aryl methyl sites for hydroxylation is 1. The highest BCUT2D eigenvalue weighted by Crippen LogP contribution is 2.31. The lowest BCUT2D eigenvalue weighted by atomic mass is 9.86. The predicted molar refractivity (Wildman–Crippen MR) is 140 cm³/mol. The van der Waals surface area contributed by atoms with E-state index in [0.717, 1.165) is 53.2 Å². The van der Waals surface area contributed by atoms with E-state index in [1.165, 1.54) is 44.2 Å². The van der Waals surface area contributed by atoms with E-state index in [0.29, 0.717) is 5.56 Å². The minimum atomic E-state index is -3.97. The first-order valence-electron chi connectivity index (χ1n) is 12.1. The minimum Gasteiger partial charge on any atom is -0.276 e. The number of sulfonamides is 1. The standard InChI is InChI=1S/C27H26ClFN4O2S/c28-27-26(33-36(34,35)23-11-8-21(29)9-12-23)15-20(16-31-27)19-7-13-24-25(14-19)32-22(17-30-24)10-6-18-4-2-1-3-5-18/h7-9,11-18,33H,1-6,10H2. The Hall–Kier alpha value is -3.10. The Morgan fingerprint density at radius 3 is 2.47 bits per heavy atom. The number of anilines is 1. The van der Waals surface area contributed by atoms with E-state index in [1.54, 1.807) is 12.3 Å². The molecule has 0 amide bonds. The van der Waals surface area contributed by atoms with Crippen molar-refractivity contribution in [2.45, 2.75) is 49.8 Å². The molecule has 6 nitrogen and oxygen atoms in total. The van der Waals surface area contributed by atoms with Gasteiger partial charge < -0.3 is 0 Å². The molecule has 1 fully saturated rings. The maximum absolute atomic E-state index is 13.2. The van der Waals surface area contributed by atoms with E-state index in [1.807, 2.05) is 24.4 Å². The molecule has 9 heteroatoms. The zero-order chi connectivity index (χ0) is 25.1. The van der Waals surface area contributed by atoms with Gasteiger partial charge >= 0.3 is 0 Å². The number of rotatable bonds is 7. The number of halogens is 2. The smallest absolute Gasteiger partial charge is 0.261 e. The van der Waals surface area contributed by atoms with Crippen LogP contribution in [0.3, 0.4) is 0 Å². The van der Waals surface area contributed by atoms with Crippen molar-refractivity contribution in [3.05, 3.63) is 77.6 Å². The molecule has 1 N–H and O–H groups in total. The van der Waals surface area contributed by atoms with Crippen LogP contribution in [0.25, 0.3) is 22.2 Å². The van der Waals surface area contributed by atoms with Crippen LogP contribution in [-0.2, 0) is 16.4 Å². The van der Waals surface area contributed by atoms with Gasteiger partial charge in [0.05, 0.1) is 27.3 Å². The highest BCUT2D eigenvalue weighted by atomic mass is 35.5. The van der Waals surface area contributed by atoms with Crippen LogP contribution in [0.15, 0.2) is 65.8 Å². The lowest BCUT2D eigenvalue weighted by Gasteiger charge is -2.21. The van der Waals surface area contributed by atoms with Crippen LogP contribution in [0.5, 0.6) is 0 Å². The molecule has 0 aliphatic heterocycles. The molecule has 2 aromatic carbocycles. The third-order valence-corrected chi connectivity index (χ3v) is 8.35. The average molecular weight is 525 g/mol. The monoisotopic (exact) mass is 524 g/mol. The van der Waals surface area contributed by atoms with Crippen LogP contribution >= 0.6 is 11.6 Å². The van der Waals surface area contributed by atoms with Gasteiger partial charge in [0.2, 0.25) is 0 Å². The Morgan fingerprint density at radius 2 is 1.69 bits per heavy atom. The van der Waals surface area contributed by atoms with Crippen molar-refractivity contribution in [1.82, 2.24) is 15.0 Å². The van der Waals surface area contributed by atoms with Crippen molar-refractivity contribution in [2.24, 2.45) is 5.92 Å². The van der Waals surface area contributed by atoms with Gasteiger partial charge in [0.25, 0.3) is 10.0 Å². The summed E-state index contributed by atoms with van der Waals surface area (Å²) < 4.78 is 41.2. The maximum atomic E-state index is 13.2. The molecule has 5 rings (SSSR count). The maximum Gasteiger partial charge on any atom is 0.261 e. The van der Waals surface area contributed by atoms with E-state index in [2.05, 4.69) is 14.7 Å². The lowest BCUT2D eigenvalue weighted by Crippen LogP contribution is -2.13. The van der Waals surface area contributed by atoms with Crippen LogP contribution in [0.4, 0.5) is 10.1 Å². The Kier molecular flexibility index (Phi) is 7.16. The Labute approximate surface area is 215 Å². The molecule has 0 radical (unpaired) electrons. The summed E-state index contributed by atoms with van der Waals surface area (Å²) in [5.74, 6) is 0.257. The number of pyridine rings is 1. The fourth-order valence-electron chi connectivity index (χ4n) is 4.67. The van der Waals surface area contributed by atoms with Crippen LogP contribution in [-0.4, -0.2) is 23.4 Å². The van der Waals surface area contributed by atoms with E-state index in [4.69, 9.17) is 16.6 Å². The van der Waals surface area contributed by atoms with Crippen molar-refractivity contribution in [3.8, 4) is 11.1 Å². The molecule has 2 aromatic heterocycles. The lowest BCUT2D eigenvalue weighted by molar-refractivity contribution is 0.338. The normalized spacial score (nSPS) is 14.7. The molecule has 0 atom stereocenters. The van der Waals surface area contributed by atoms with E-state index in [9.17, 15) is 12.8 Å². The Morgan fingerprint density at radius 1 is 0.917 bits per heavy atom. The van der Waals surface area contributed by atoms with Gasteiger partial charge in [-0.2, -0.15) is 0 Å². The Balaban J connectivity index is 1.39. The summed E-state index contributed by atoms with van der Waals surface area (Å²) in [6.45, 7) is 0. The van der Waals surface area contributed by atoms with Gasteiger partial charge in [-0.15, -0.1) is 0 Å². The van der Waals surface area contributed by atoms with Crippen LogP contribution in [0.1, 0.15) is 44.2 Å². The number of benzene rings is 2. The van der Waals surface area contributed by atoms with Crippen LogP contribution in [0, 0.1) is 11.7 Å². The van der Waals surface area contributed by atoms with Crippen LogP contribution < -0.4 is 4.72 Å². The second-order valence-electron chi connectivity index (χ2n) is 9.23. The molecule has 1 aliphatic carbocycles. The SMILES string of the molecule is O=S(=O)(Nc1cc(-c2ccc3ncc(CCC4CCCCC4)nc3c2)cnc1Cl)c1ccc(F)cc1. The quantitative estimate of drug-likeness (QED) is 0.269. The summed E-state index contributed by atoms with van der Waals surface area (Å²) in [6, 6.07) is 11.9. The predicted octanol–water partition coefficient (Wildman–Crippen LogP) is 6.80. The van der Waals surface area contributed by atoms with Crippen molar-refractivity contribution in [2.75, 3.05) is 4.72 Å². The molecule has 1 aliphatic rings. The highest BCUT2D eigenvalue weighted by molar-refractivity contribution is 7.92. The van der Waals surface area contributed by atoms with Crippen molar-refractivity contribution < 1.29 is 12.8 Å². The molecule has 36 heavy (non-hydrogen) atoms. The molecule has 0 spiro atoms. The number of nitrogens with one attached hydrogen (secondary N) is 1. The molecular weight excluding hydrogens is 499 g/mol. The van der Waals surface area contributed by atoms with E-state index >= 15 is 0 Å². The zero-order valence-electron chi connectivity index (χ0n) is 19.6. The fraction of sp³-hybridized carbons (Fsp3) is 0.296. The number of fused-ring (bicyclic) bond motifs is 1. The number of hydrogen-bond acceptors (Lipinski definition) is 5. The average Bonchev–Trinajstić information content (AvgIpc) is 2.89. The summed E-state index contributed by atoms with van der Waals surface area (Å²) in [7, 11) is -3.97. The fourth-order valence-corrected chi connectivity index (χ4v) is 5.94. The molecule has 0 saturated heterocycles. The molecule has 186 valence electrons. The second kappa shape index (κ2) is 10.5. The molecule has 0 bridgehead atoms. The molecule has 2 heterocycles. The summed E-state index contributed by atoms with van der Waals surface area (Å²) in [4.78, 5) is 13.5. The molecule has 1 saturated carbocycles. The highest BCUT2D eigenvalue weighted by Gasteiger charge is 2.18. The number of aromatic nitrogens is 3. The van der Waals surface area contributed by atoms with E-state index in [-0.39, 0.29) is 15.7 Å². The van der Waals surface area contributed by atoms with Crippen molar-refractivity contribution >= 4 is 38.3 Å².